The molecule has 1 fully saturated rings. The first-order valence-corrected chi connectivity index (χ1v) is 7.23. The number of benzene rings is 1. The SMILES string of the molecule is O=C1CC[C@H](c2coc3cc4c(cc23)OCCC4)C(=O)N1. The molecular formula is C16H15NO4. The van der Waals surface area contributed by atoms with Gasteiger partial charge in [0.05, 0.1) is 18.8 Å². The molecule has 3 heterocycles. The molecule has 21 heavy (non-hydrogen) atoms. The van der Waals surface area contributed by atoms with Crippen molar-refractivity contribution in [3.8, 4) is 5.75 Å². The highest BCUT2D eigenvalue weighted by molar-refractivity contribution is 6.02. The van der Waals surface area contributed by atoms with Crippen LogP contribution >= 0.6 is 0 Å². The zero-order valence-electron chi connectivity index (χ0n) is 11.5. The molecule has 2 aromatic rings. The van der Waals surface area contributed by atoms with Gasteiger partial charge in [-0.15, -0.1) is 0 Å². The summed E-state index contributed by atoms with van der Waals surface area (Å²) in [6.07, 6.45) is 4.52. The van der Waals surface area contributed by atoms with E-state index in [0.717, 1.165) is 47.3 Å². The lowest BCUT2D eigenvalue weighted by Crippen LogP contribution is -2.39. The fourth-order valence-electron chi connectivity index (χ4n) is 3.15. The average Bonchev–Trinajstić information content (AvgIpc) is 2.88. The highest BCUT2D eigenvalue weighted by Gasteiger charge is 2.30. The first kappa shape index (κ1) is 12.4. The molecule has 1 saturated heterocycles. The zero-order chi connectivity index (χ0) is 14.4. The van der Waals surface area contributed by atoms with Gasteiger partial charge in [0.1, 0.15) is 11.3 Å². The van der Waals surface area contributed by atoms with Crippen molar-refractivity contribution in [2.45, 2.75) is 31.6 Å². The Morgan fingerprint density at radius 3 is 2.95 bits per heavy atom. The number of carbonyl (C=O) groups excluding carboxylic acids is 2. The minimum absolute atomic E-state index is 0.204. The van der Waals surface area contributed by atoms with Gasteiger partial charge in [0.25, 0.3) is 0 Å². The smallest absolute Gasteiger partial charge is 0.234 e. The Labute approximate surface area is 121 Å². The minimum Gasteiger partial charge on any atom is -0.493 e. The molecule has 0 spiro atoms. The summed E-state index contributed by atoms with van der Waals surface area (Å²) >= 11 is 0. The summed E-state index contributed by atoms with van der Waals surface area (Å²) in [5, 5.41) is 3.30. The van der Waals surface area contributed by atoms with Crippen LogP contribution in [0.2, 0.25) is 0 Å². The van der Waals surface area contributed by atoms with Crippen molar-refractivity contribution in [2.75, 3.05) is 6.61 Å². The number of aryl methyl sites for hydroxylation is 1. The molecule has 5 nitrogen and oxygen atoms in total. The Morgan fingerprint density at radius 2 is 2.10 bits per heavy atom. The first-order valence-electron chi connectivity index (χ1n) is 7.23. The largest absolute Gasteiger partial charge is 0.493 e. The standard InChI is InChI=1S/C16H15NO4/c18-15-4-3-10(16(19)17-15)12-8-21-14-6-9-2-1-5-20-13(9)7-11(12)14/h6-8,10H,1-5H2,(H,17,18,19)/t10-/m1/s1. The molecule has 1 aromatic heterocycles. The highest BCUT2D eigenvalue weighted by Crippen LogP contribution is 2.37. The molecule has 108 valence electrons. The van der Waals surface area contributed by atoms with E-state index in [1.165, 1.54) is 0 Å². The third kappa shape index (κ3) is 2.00. The van der Waals surface area contributed by atoms with Crippen molar-refractivity contribution in [3.63, 3.8) is 0 Å². The van der Waals surface area contributed by atoms with Crippen molar-refractivity contribution >= 4 is 22.8 Å². The number of nitrogens with one attached hydrogen (secondary N) is 1. The Kier molecular flexibility index (Phi) is 2.74. The number of hydrogen-bond donors (Lipinski definition) is 1. The van der Waals surface area contributed by atoms with Gasteiger partial charge < -0.3 is 9.15 Å². The van der Waals surface area contributed by atoms with E-state index in [1.807, 2.05) is 12.1 Å². The van der Waals surface area contributed by atoms with E-state index in [4.69, 9.17) is 9.15 Å². The molecule has 2 aliphatic heterocycles. The highest BCUT2D eigenvalue weighted by atomic mass is 16.5. The van der Waals surface area contributed by atoms with Gasteiger partial charge in [-0.05, 0) is 37.0 Å². The Balaban J connectivity index is 1.79. The van der Waals surface area contributed by atoms with E-state index < -0.39 is 0 Å². The van der Waals surface area contributed by atoms with Crippen molar-refractivity contribution < 1.29 is 18.7 Å². The van der Waals surface area contributed by atoms with Crippen LogP contribution in [0.15, 0.2) is 22.8 Å². The Hall–Kier alpha value is -2.30. The van der Waals surface area contributed by atoms with Crippen LogP contribution in [0.25, 0.3) is 11.0 Å². The molecule has 1 atom stereocenters. The van der Waals surface area contributed by atoms with Crippen molar-refractivity contribution in [1.82, 2.24) is 5.32 Å². The fraction of sp³-hybridized carbons (Fsp3) is 0.375. The van der Waals surface area contributed by atoms with Gasteiger partial charge in [0.15, 0.2) is 0 Å². The molecule has 0 aliphatic carbocycles. The predicted molar refractivity (Wildman–Crippen MR) is 75.2 cm³/mol. The van der Waals surface area contributed by atoms with Crippen LogP contribution in [0.4, 0.5) is 0 Å². The van der Waals surface area contributed by atoms with Crippen LogP contribution in [0, 0.1) is 0 Å². The molecule has 1 N–H and O–H groups in total. The number of piperidine rings is 1. The molecule has 0 radical (unpaired) electrons. The summed E-state index contributed by atoms with van der Waals surface area (Å²) in [6, 6.07) is 3.96. The lowest BCUT2D eigenvalue weighted by atomic mass is 9.90. The number of fused-ring (bicyclic) bond motifs is 2. The van der Waals surface area contributed by atoms with Gasteiger partial charge in [0, 0.05) is 17.4 Å². The summed E-state index contributed by atoms with van der Waals surface area (Å²) in [5.41, 5.74) is 2.77. The zero-order valence-corrected chi connectivity index (χ0v) is 11.5. The van der Waals surface area contributed by atoms with Crippen LogP contribution in [-0.2, 0) is 16.0 Å². The number of hydrogen-bond acceptors (Lipinski definition) is 4. The lowest BCUT2D eigenvalue weighted by molar-refractivity contribution is -0.134. The number of rotatable bonds is 1. The number of carbonyl (C=O) groups is 2. The van der Waals surface area contributed by atoms with Crippen LogP contribution < -0.4 is 10.1 Å². The van der Waals surface area contributed by atoms with E-state index in [9.17, 15) is 9.59 Å². The van der Waals surface area contributed by atoms with Crippen molar-refractivity contribution in [1.29, 1.82) is 0 Å². The normalized spacial score (nSPS) is 21.8. The fourth-order valence-corrected chi connectivity index (χ4v) is 3.15. The second-order valence-corrected chi connectivity index (χ2v) is 5.60. The van der Waals surface area contributed by atoms with Gasteiger partial charge in [-0.3, -0.25) is 14.9 Å². The molecule has 2 amide bonds. The molecule has 1 aromatic carbocycles. The number of amides is 2. The predicted octanol–water partition coefficient (Wildman–Crippen LogP) is 2.28. The van der Waals surface area contributed by atoms with Crippen LogP contribution in [0.1, 0.15) is 36.3 Å². The third-order valence-electron chi connectivity index (χ3n) is 4.25. The summed E-state index contributed by atoms with van der Waals surface area (Å²) in [6.45, 7) is 0.726. The van der Waals surface area contributed by atoms with Gasteiger partial charge in [-0.1, -0.05) is 0 Å². The third-order valence-corrected chi connectivity index (χ3v) is 4.25. The number of ether oxygens (including phenoxy) is 1. The molecule has 4 rings (SSSR count). The van der Waals surface area contributed by atoms with E-state index in [0.29, 0.717) is 12.8 Å². The van der Waals surface area contributed by atoms with E-state index in [-0.39, 0.29) is 17.7 Å². The first-order chi connectivity index (χ1) is 10.2. The second kappa shape index (κ2) is 4.62. The molecule has 0 saturated carbocycles. The molecular weight excluding hydrogens is 270 g/mol. The summed E-state index contributed by atoms with van der Waals surface area (Å²) in [7, 11) is 0. The topological polar surface area (TPSA) is 68.5 Å². The van der Waals surface area contributed by atoms with Crippen molar-refractivity contribution in [3.05, 3.63) is 29.5 Å². The summed E-state index contributed by atoms with van der Waals surface area (Å²) in [4.78, 5) is 23.3. The van der Waals surface area contributed by atoms with E-state index >= 15 is 0 Å². The Morgan fingerprint density at radius 1 is 1.19 bits per heavy atom. The van der Waals surface area contributed by atoms with Gasteiger partial charge in [-0.2, -0.15) is 0 Å². The van der Waals surface area contributed by atoms with Gasteiger partial charge in [-0.25, -0.2) is 0 Å². The molecule has 2 aliphatic rings. The molecule has 0 unspecified atom stereocenters. The summed E-state index contributed by atoms with van der Waals surface area (Å²) < 4.78 is 11.3. The van der Waals surface area contributed by atoms with Crippen LogP contribution in [0.5, 0.6) is 5.75 Å². The molecule has 0 bridgehead atoms. The lowest BCUT2D eigenvalue weighted by Gasteiger charge is -2.20. The number of imide groups is 1. The summed E-state index contributed by atoms with van der Waals surface area (Å²) in [5.74, 6) is 0.103. The quantitative estimate of drug-likeness (QED) is 0.816. The van der Waals surface area contributed by atoms with E-state index in [2.05, 4.69) is 5.32 Å². The van der Waals surface area contributed by atoms with Gasteiger partial charge in [0.2, 0.25) is 11.8 Å². The van der Waals surface area contributed by atoms with Crippen LogP contribution in [0.3, 0.4) is 0 Å². The maximum atomic E-state index is 12.0. The molecule has 5 heteroatoms. The number of furan rings is 1. The van der Waals surface area contributed by atoms with Crippen molar-refractivity contribution in [2.24, 2.45) is 0 Å². The monoisotopic (exact) mass is 285 g/mol. The minimum atomic E-state index is -0.328. The van der Waals surface area contributed by atoms with E-state index in [1.54, 1.807) is 6.26 Å². The average molecular weight is 285 g/mol. The maximum Gasteiger partial charge on any atom is 0.234 e. The van der Waals surface area contributed by atoms with Crippen LogP contribution in [-0.4, -0.2) is 18.4 Å². The van der Waals surface area contributed by atoms with Gasteiger partial charge >= 0.3 is 0 Å². The maximum absolute atomic E-state index is 12.0. The second-order valence-electron chi connectivity index (χ2n) is 5.60. The Bertz CT molecular complexity index is 746.